The van der Waals surface area contributed by atoms with Crippen LogP contribution >= 0.6 is 11.6 Å². The van der Waals surface area contributed by atoms with Gasteiger partial charge in [0.2, 0.25) is 0 Å². The van der Waals surface area contributed by atoms with Gasteiger partial charge in [-0.1, -0.05) is 23.7 Å². The molecule has 8 heteroatoms. The summed E-state index contributed by atoms with van der Waals surface area (Å²) in [6.07, 6.45) is 0. The molecule has 1 aromatic heterocycles. The number of methoxy groups -OCH3 is 1. The molecule has 1 heterocycles. The molecule has 0 aliphatic rings. The van der Waals surface area contributed by atoms with Crippen molar-refractivity contribution in [1.82, 2.24) is 0 Å². The van der Waals surface area contributed by atoms with Gasteiger partial charge in [-0.05, 0) is 36.6 Å². The average molecular weight is 411 g/mol. The molecule has 0 bridgehead atoms. The van der Waals surface area contributed by atoms with Gasteiger partial charge in [0.15, 0.2) is 0 Å². The second-order valence-corrected chi connectivity index (χ2v) is 6.81. The molecular weight excluding hydrogens is 396 g/mol. The number of nitro benzene ring substituents is 1. The Bertz CT molecular complexity index is 1300. The maximum Gasteiger partial charge on any atom is 0.292 e. The lowest BCUT2D eigenvalue weighted by atomic mass is 10.0. The van der Waals surface area contributed by atoms with Crippen molar-refractivity contribution in [2.75, 3.05) is 12.4 Å². The molecule has 29 heavy (non-hydrogen) atoms. The number of nitro groups is 1. The minimum atomic E-state index is -0.546. The Morgan fingerprint density at radius 2 is 1.93 bits per heavy atom. The molecule has 0 saturated carbocycles. The normalized spacial score (nSPS) is 11.0. The highest BCUT2D eigenvalue weighted by atomic mass is 35.5. The Morgan fingerprint density at radius 1 is 1.17 bits per heavy atom. The Hall–Kier alpha value is -3.58. The number of carbonyl (C=O) groups excluding carboxylic acids is 1. The summed E-state index contributed by atoms with van der Waals surface area (Å²) >= 11 is 6.38. The molecule has 0 saturated heterocycles. The lowest BCUT2D eigenvalue weighted by Crippen LogP contribution is -2.13. The Kier molecular flexibility index (Phi) is 4.60. The number of carbonyl (C=O) groups is 1. The summed E-state index contributed by atoms with van der Waals surface area (Å²) in [5.41, 5.74) is 0.641. The molecule has 4 rings (SSSR count). The maximum absolute atomic E-state index is 13.1. The second-order valence-electron chi connectivity index (χ2n) is 6.40. The molecule has 0 radical (unpaired) electrons. The van der Waals surface area contributed by atoms with Crippen LogP contribution in [-0.4, -0.2) is 17.9 Å². The highest BCUT2D eigenvalue weighted by Crippen LogP contribution is 2.38. The van der Waals surface area contributed by atoms with E-state index < -0.39 is 10.8 Å². The zero-order chi connectivity index (χ0) is 20.7. The van der Waals surface area contributed by atoms with Crippen molar-refractivity contribution in [2.45, 2.75) is 6.92 Å². The molecule has 0 spiro atoms. The van der Waals surface area contributed by atoms with Crippen molar-refractivity contribution in [2.24, 2.45) is 0 Å². The van der Waals surface area contributed by atoms with Crippen LogP contribution in [-0.2, 0) is 0 Å². The summed E-state index contributed by atoms with van der Waals surface area (Å²) in [5.74, 6) is 0.467. The SMILES string of the molecule is COc1ccc2c(Cl)cc3oc(C)c(C(=O)Nc4ccccc4[N+](=O)[O-])c3c2c1. The number of nitrogens with zero attached hydrogens (tertiary/aromatic N) is 1. The number of para-hydroxylation sites is 2. The van der Waals surface area contributed by atoms with Gasteiger partial charge in [0, 0.05) is 22.9 Å². The van der Waals surface area contributed by atoms with E-state index in [0.717, 1.165) is 5.39 Å². The molecule has 0 unspecified atom stereocenters. The van der Waals surface area contributed by atoms with Crippen LogP contribution in [0.25, 0.3) is 21.7 Å². The third-order valence-corrected chi connectivity index (χ3v) is 5.01. The lowest BCUT2D eigenvalue weighted by Gasteiger charge is -2.08. The van der Waals surface area contributed by atoms with Crippen molar-refractivity contribution >= 4 is 50.6 Å². The predicted molar refractivity (Wildman–Crippen MR) is 111 cm³/mol. The van der Waals surface area contributed by atoms with Gasteiger partial charge in [0.25, 0.3) is 11.6 Å². The van der Waals surface area contributed by atoms with Gasteiger partial charge in [-0.15, -0.1) is 0 Å². The van der Waals surface area contributed by atoms with Gasteiger partial charge in [0.1, 0.15) is 22.8 Å². The fraction of sp³-hybridized carbons (Fsp3) is 0.0952. The zero-order valence-corrected chi connectivity index (χ0v) is 16.2. The van der Waals surface area contributed by atoms with E-state index in [4.69, 9.17) is 20.8 Å². The van der Waals surface area contributed by atoms with Gasteiger partial charge >= 0.3 is 0 Å². The van der Waals surface area contributed by atoms with Crippen molar-refractivity contribution < 1.29 is 18.9 Å². The van der Waals surface area contributed by atoms with Crippen LogP contribution in [0.5, 0.6) is 5.75 Å². The molecule has 146 valence electrons. The highest BCUT2D eigenvalue weighted by Gasteiger charge is 2.24. The summed E-state index contributed by atoms with van der Waals surface area (Å²) in [7, 11) is 1.55. The number of amides is 1. The number of fused-ring (bicyclic) bond motifs is 3. The predicted octanol–water partition coefficient (Wildman–Crippen LogP) is 5.72. The average Bonchev–Trinajstić information content (AvgIpc) is 3.03. The second kappa shape index (κ2) is 7.10. The minimum Gasteiger partial charge on any atom is -0.497 e. The topological polar surface area (TPSA) is 94.6 Å². The van der Waals surface area contributed by atoms with Crippen molar-refractivity contribution in [3.63, 3.8) is 0 Å². The van der Waals surface area contributed by atoms with E-state index in [1.807, 2.05) is 6.07 Å². The third kappa shape index (κ3) is 3.15. The zero-order valence-electron chi connectivity index (χ0n) is 15.5. The van der Waals surface area contributed by atoms with Crippen LogP contribution < -0.4 is 10.1 Å². The van der Waals surface area contributed by atoms with Gasteiger partial charge < -0.3 is 14.5 Å². The van der Waals surface area contributed by atoms with Crippen LogP contribution in [0.3, 0.4) is 0 Å². The van der Waals surface area contributed by atoms with Crippen LogP contribution in [0.4, 0.5) is 11.4 Å². The van der Waals surface area contributed by atoms with Crippen molar-refractivity contribution in [3.8, 4) is 5.75 Å². The summed E-state index contributed by atoms with van der Waals surface area (Å²) in [6.45, 7) is 1.66. The Balaban J connectivity index is 1.92. The van der Waals surface area contributed by atoms with E-state index in [0.29, 0.717) is 32.9 Å². The van der Waals surface area contributed by atoms with Crippen molar-refractivity contribution in [1.29, 1.82) is 0 Å². The number of benzene rings is 3. The number of ether oxygens (including phenoxy) is 1. The first kappa shape index (κ1) is 18.8. The van der Waals surface area contributed by atoms with E-state index in [-0.39, 0.29) is 16.9 Å². The molecule has 0 aliphatic carbocycles. The van der Waals surface area contributed by atoms with Gasteiger partial charge in [-0.3, -0.25) is 14.9 Å². The van der Waals surface area contributed by atoms with Gasteiger partial charge in [-0.25, -0.2) is 0 Å². The van der Waals surface area contributed by atoms with Crippen LogP contribution in [0.1, 0.15) is 16.1 Å². The largest absolute Gasteiger partial charge is 0.497 e. The number of hydrogen-bond donors (Lipinski definition) is 1. The number of rotatable bonds is 4. The maximum atomic E-state index is 13.1. The quantitative estimate of drug-likeness (QED) is 0.343. The fourth-order valence-electron chi connectivity index (χ4n) is 3.39. The summed E-state index contributed by atoms with van der Waals surface area (Å²) in [6, 6.07) is 13.0. The van der Waals surface area contributed by atoms with E-state index in [1.165, 1.54) is 18.2 Å². The van der Waals surface area contributed by atoms with E-state index in [2.05, 4.69) is 5.32 Å². The first-order valence-electron chi connectivity index (χ1n) is 8.65. The standard InChI is InChI=1S/C21H15ClN2O5/c1-11-19(21(25)23-16-5-3-4-6-17(16)24(26)27)20-14-9-12(28-2)7-8-13(14)15(22)10-18(20)29-11/h3-10H,1-2H3,(H,23,25). The number of anilines is 1. The molecule has 0 aliphatic heterocycles. The number of hydrogen-bond acceptors (Lipinski definition) is 5. The van der Waals surface area contributed by atoms with Crippen molar-refractivity contribution in [3.05, 3.63) is 75.0 Å². The van der Waals surface area contributed by atoms with E-state index in [1.54, 1.807) is 38.3 Å². The van der Waals surface area contributed by atoms with Gasteiger partial charge in [0.05, 0.1) is 22.6 Å². The number of furan rings is 1. The Labute approximate surface area is 170 Å². The fourth-order valence-corrected chi connectivity index (χ4v) is 3.65. The molecule has 1 amide bonds. The number of nitrogens with one attached hydrogen (secondary N) is 1. The summed E-state index contributed by atoms with van der Waals surface area (Å²) in [5, 5.41) is 16.4. The third-order valence-electron chi connectivity index (χ3n) is 4.70. The number of halogens is 1. The van der Waals surface area contributed by atoms with Gasteiger partial charge in [-0.2, -0.15) is 0 Å². The first-order chi connectivity index (χ1) is 13.9. The van der Waals surface area contributed by atoms with Crippen LogP contribution in [0, 0.1) is 17.0 Å². The number of aryl methyl sites for hydroxylation is 1. The van der Waals surface area contributed by atoms with Crippen LogP contribution in [0.2, 0.25) is 5.02 Å². The lowest BCUT2D eigenvalue weighted by molar-refractivity contribution is -0.383. The highest BCUT2D eigenvalue weighted by molar-refractivity contribution is 6.38. The molecular formula is C21H15ClN2O5. The van der Waals surface area contributed by atoms with E-state index in [9.17, 15) is 14.9 Å². The molecule has 3 aromatic carbocycles. The van der Waals surface area contributed by atoms with Crippen LogP contribution in [0.15, 0.2) is 52.9 Å². The molecule has 1 N–H and O–H groups in total. The Morgan fingerprint density at radius 3 is 2.66 bits per heavy atom. The molecule has 7 nitrogen and oxygen atoms in total. The smallest absolute Gasteiger partial charge is 0.292 e. The first-order valence-corrected chi connectivity index (χ1v) is 9.02. The summed E-state index contributed by atoms with van der Waals surface area (Å²) < 4.78 is 11.1. The summed E-state index contributed by atoms with van der Waals surface area (Å²) in [4.78, 5) is 23.8. The molecule has 4 aromatic rings. The molecule has 0 fully saturated rings. The molecule has 0 atom stereocenters. The minimum absolute atomic E-state index is 0.104. The van der Waals surface area contributed by atoms with E-state index >= 15 is 0 Å². The monoisotopic (exact) mass is 410 g/mol.